The number of carbonyl (C=O) groups excluding carboxylic acids is 2. The van der Waals surface area contributed by atoms with Crippen molar-refractivity contribution < 1.29 is 14.3 Å². The summed E-state index contributed by atoms with van der Waals surface area (Å²) in [6, 6.07) is 7.99. The van der Waals surface area contributed by atoms with Crippen molar-refractivity contribution in [3.05, 3.63) is 29.8 Å². The van der Waals surface area contributed by atoms with Crippen LogP contribution in [0.4, 0.5) is 0 Å². The van der Waals surface area contributed by atoms with E-state index in [0.29, 0.717) is 11.3 Å². The molecule has 0 bridgehead atoms. The second kappa shape index (κ2) is 10.8. The third-order valence-corrected chi connectivity index (χ3v) is 6.07. The van der Waals surface area contributed by atoms with Gasteiger partial charge in [0.25, 0.3) is 11.8 Å². The second-order valence-electron chi connectivity index (χ2n) is 8.33. The van der Waals surface area contributed by atoms with Crippen LogP contribution in [0.15, 0.2) is 24.3 Å². The Morgan fingerprint density at radius 1 is 1.03 bits per heavy atom. The number of nitrogens with zero attached hydrogens (tertiary/aromatic N) is 1. The minimum absolute atomic E-state index is 0. The summed E-state index contributed by atoms with van der Waals surface area (Å²) in [4.78, 5) is 26.9. The molecule has 3 rings (SSSR count). The van der Waals surface area contributed by atoms with Crippen LogP contribution in [0.2, 0.25) is 0 Å². The summed E-state index contributed by atoms with van der Waals surface area (Å²) in [5, 5.41) is 3.08. The van der Waals surface area contributed by atoms with Crippen molar-refractivity contribution in [2.45, 2.75) is 83.0 Å². The quantitative estimate of drug-likeness (QED) is 0.761. The Morgan fingerprint density at radius 3 is 2.21 bits per heavy atom. The summed E-state index contributed by atoms with van der Waals surface area (Å²) in [5.41, 5.74) is 6.52. The van der Waals surface area contributed by atoms with Crippen molar-refractivity contribution >= 4 is 24.2 Å². The van der Waals surface area contributed by atoms with Gasteiger partial charge in [-0.2, -0.15) is 0 Å². The molecule has 1 saturated heterocycles. The maximum atomic E-state index is 12.5. The summed E-state index contributed by atoms with van der Waals surface area (Å²) in [5.74, 6) is 0.557. The molecule has 7 heteroatoms. The van der Waals surface area contributed by atoms with E-state index in [1.165, 1.54) is 6.42 Å². The molecule has 2 atom stereocenters. The van der Waals surface area contributed by atoms with E-state index in [0.717, 1.165) is 38.5 Å². The normalized spacial score (nSPS) is 26.9. The van der Waals surface area contributed by atoms with Gasteiger partial charge in [-0.1, -0.05) is 0 Å². The Bertz CT molecular complexity index is 664. The molecule has 1 aliphatic carbocycles. The Labute approximate surface area is 179 Å². The number of likely N-dealkylation sites (tertiary alicyclic amines) is 1. The third-order valence-electron chi connectivity index (χ3n) is 6.07. The Balaban J connectivity index is 0.00000300. The molecule has 1 aromatic carbocycles. The molecule has 0 radical (unpaired) electrons. The van der Waals surface area contributed by atoms with Crippen LogP contribution in [-0.4, -0.2) is 47.5 Å². The average molecular weight is 424 g/mol. The molecule has 3 N–H and O–H groups in total. The number of benzene rings is 1. The van der Waals surface area contributed by atoms with Crippen LogP contribution >= 0.6 is 12.4 Å². The number of piperidine rings is 1. The van der Waals surface area contributed by atoms with Crippen molar-refractivity contribution in [1.82, 2.24) is 10.2 Å². The van der Waals surface area contributed by atoms with E-state index < -0.39 is 0 Å². The first kappa shape index (κ1) is 23.5. The number of amides is 2. The zero-order chi connectivity index (χ0) is 20.1. The lowest BCUT2D eigenvalue weighted by atomic mass is 9.91. The first-order chi connectivity index (χ1) is 13.4. The standard InChI is InChI=1S/C22H33N3O3.ClH/c1-15-4-3-5-16(2)25(15)21(26)14-28-20-12-6-17(7-13-20)22(27)24-19-10-8-18(23)9-11-19;/h6-7,12-13,15-16,18-19H,3-5,8-11,14,23H2,1-2H3,(H,24,27);1H. The van der Waals surface area contributed by atoms with E-state index in [-0.39, 0.29) is 55.0 Å². The predicted octanol–water partition coefficient (Wildman–Crippen LogP) is 3.28. The lowest BCUT2D eigenvalue weighted by Crippen LogP contribution is -2.49. The molecule has 1 aromatic rings. The highest BCUT2D eigenvalue weighted by atomic mass is 35.5. The van der Waals surface area contributed by atoms with Crippen molar-refractivity contribution in [3.8, 4) is 5.75 Å². The number of ether oxygens (including phenoxy) is 1. The van der Waals surface area contributed by atoms with Gasteiger partial charge >= 0.3 is 0 Å². The van der Waals surface area contributed by atoms with E-state index >= 15 is 0 Å². The SMILES string of the molecule is CC1CCCC(C)N1C(=O)COc1ccc(C(=O)NC2CCC(N)CC2)cc1.Cl. The van der Waals surface area contributed by atoms with E-state index in [2.05, 4.69) is 19.2 Å². The smallest absolute Gasteiger partial charge is 0.260 e. The van der Waals surface area contributed by atoms with Crippen LogP contribution < -0.4 is 15.8 Å². The molecule has 1 heterocycles. The average Bonchev–Trinajstić information content (AvgIpc) is 2.68. The van der Waals surface area contributed by atoms with Gasteiger partial charge < -0.3 is 20.7 Å². The molecule has 6 nitrogen and oxygen atoms in total. The number of nitrogens with one attached hydrogen (secondary N) is 1. The van der Waals surface area contributed by atoms with Crippen molar-refractivity contribution in [3.63, 3.8) is 0 Å². The van der Waals surface area contributed by atoms with Crippen LogP contribution in [-0.2, 0) is 4.79 Å². The first-order valence-electron chi connectivity index (χ1n) is 10.5. The van der Waals surface area contributed by atoms with Gasteiger partial charge in [-0.05, 0) is 83.1 Å². The summed E-state index contributed by atoms with van der Waals surface area (Å²) in [6.07, 6.45) is 7.05. The largest absolute Gasteiger partial charge is 0.484 e. The number of nitrogens with two attached hydrogens (primary N) is 1. The van der Waals surface area contributed by atoms with Gasteiger partial charge in [0.05, 0.1) is 0 Å². The van der Waals surface area contributed by atoms with Crippen molar-refractivity contribution in [1.29, 1.82) is 0 Å². The monoisotopic (exact) mass is 423 g/mol. The molecule has 1 aliphatic heterocycles. The zero-order valence-electron chi connectivity index (χ0n) is 17.4. The highest BCUT2D eigenvalue weighted by molar-refractivity contribution is 5.94. The minimum atomic E-state index is -0.0703. The molecular formula is C22H34ClN3O3. The fourth-order valence-electron chi connectivity index (χ4n) is 4.37. The van der Waals surface area contributed by atoms with E-state index in [9.17, 15) is 9.59 Å². The molecule has 2 fully saturated rings. The van der Waals surface area contributed by atoms with E-state index in [1.807, 2.05) is 4.90 Å². The number of hydrogen-bond donors (Lipinski definition) is 2. The Kier molecular flexibility index (Phi) is 8.78. The fraction of sp³-hybridized carbons (Fsp3) is 0.636. The number of carbonyl (C=O) groups is 2. The lowest BCUT2D eigenvalue weighted by molar-refractivity contribution is -0.139. The summed E-state index contributed by atoms with van der Waals surface area (Å²) >= 11 is 0. The molecule has 0 spiro atoms. The minimum Gasteiger partial charge on any atom is -0.484 e. The molecule has 1 saturated carbocycles. The molecule has 162 valence electrons. The highest BCUT2D eigenvalue weighted by Crippen LogP contribution is 2.23. The van der Waals surface area contributed by atoms with E-state index in [4.69, 9.17) is 10.5 Å². The predicted molar refractivity (Wildman–Crippen MR) is 117 cm³/mol. The number of rotatable bonds is 5. The number of halogens is 1. The Hall–Kier alpha value is -1.79. The van der Waals surface area contributed by atoms with Crippen molar-refractivity contribution in [2.24, 2.45) is 5.73 Å². The lowest BCUT2D eigenvalue weighted by Gasteiger charge is -2.38. The molecule has 0 aromatic heterocycles. The van der Waals surface area contributed by atoms with Gasteiger partial charge in [0.15, 0.2) is 6.61 Å². The van der Waals surface area contributed by atoms with Gasteiger partial charge in [-0.25, -0.2) is 0 Å². The van der Waals surface area contributed by atoms with Crippen LogP contribution in [0.25, 0.3) is 0 Å². The van der Waals surface area contributed by atoms with Gasteiger partial charge in [0, 0.05) is 29.7 Å². The molecule has 2 aliphatic rings. The van der Waals surface area contributed by atoms with E-state index in [1.54, 1.807) is 24.3 Å². The van der Waals surface area contributed by atoms with Crippen LogP contribution in [0.1, 0.15) is 69.2 Å². The van der Waals surface area contributed by atoms with Gasteiger partial charge in [0.2, 0.25) is 0 Å². The second-order valence-corrected chi connectivity index (χ2v) is 8.33. The van der Waals surface area contributed by atoms with Crippen LogP contribution in [0.5, 0.6) is 5.75 Å². The van der Waals surface area contributed by atoms with Crippen molar-refractivity contribution in [2.75, 3.05) is 6.61 Å². The highest BCUT2D eigenvalue weighted by Gasteiger charge is 2.29. The fourth-order valence-corrected chi connectivity index (χ4v) is 4.37. The molecule has 29 heavy (non-hydrogen) atoms. The maximum absolute atomic E-state index is 12.5. The molecule has 2 unspecified atom stereocenters. The summed E-state index contributed by atoms with van der Waals surface area (Å²) in [6.45, 7) is 4.23. The summed E-state index contributed by atoms with van der Waals surface area (Å²) in [7, 11) is 0. The first-order valence-corrected chi connectivity index (χ1v) is 10.5. The zero-order valence-corrected chi connectivity index (χ0v) is 18.2. The third kappa shape index (κ3) is 6.34. The topological polar surface area (TPSA) is 84.7 Å². The Morgan fingerprint density at radius 2 is 1.62 bits per heavy atom. The van der Waals surface area contributed by atoms with Gasteiger partial charge in [-0.15, -0.1) is 12.4 Å². The maximum Gasteiger partial charge on any atom is 0.260 e. The van der Waals surface area contributed by atoms with Gasteiger partial charge in [0.1, 0.15) is 5.75 Å². The van der Waals surface area contributed by atoms with Gasteiger partial charge in [-0.3, -0.25) is 9.59 Å². The van der Waals surface area contributed by atoms with Crippen LogP contribution in [0.3, 0.4) is 0 Å². The van der Waals surface area contributed by atoms with Crippen LogP contribution in [0, 0.1) is 0 Å². The summed E-state index contributed by atoms with van der Waals surface area (Å²) < 4.78 is 5.68. The molecular weight excluding hydrogens is 390 g/mol. The number of hydrogen-bond acceptors (Lipinski definition) is 4. The molecule has 2 amide bonds.